The van der Waals surface area contributed by atoms with Crippen molar-refractivity contribution in [2.45, 2.75) is 0 Å². The van der Waals surface area contributed by atoms with Crippen LogP contribution in [0.2, 0.25) is 0 Å². The van der Waals surface area contributed by atoms with Crippen LogP contribution in [0.25, 0.3) is 0 Å². The Balaban J connectivity index is 2.24. The molecule has 1 aliphatic heterocycles. The zero-order valence-electron chi connectivity index (χ0n) is 12.2. The summed E-state index contributed by atoms with van der Waals surface area (Å²) < 4.78 is 60.9. The molecule has 1 aromatic carbocycles. The fourth-order valence-corrected chi connectivity index (χ4v) is 3.44. The van der Waals surface area contributed by atoms with Crippen molar-refractivity contribution in [2.24, 2.45) is 0 Å². The highest BCUT2D eigenvalue weighted by molar-refractivity contribution is 7.92. The minimum absolute atomic E-state index is 0.0307. The van der Waals surface area contributed by atoms with Crippen molar-refractivity contribution in [3.05, 3.63) is 29.6 Å². The van der Waals surface area contributed by atoms with Gasteiger partial charge in [0, 0.05) is 5.56 Å². The Hall–Kier alpha value is -1.72. The third-order valence-electron chi connectivity index (χ3n) is 2.98. The van der Waals surface area contributed by atoms with Crippen LogP contribution in [0.5, 0.6) is 0 Å². The monoisotopic (exact) mass is 366 g/mol. The van der Waals surface area contributed by atoms with Gasteiger partial charge in [-0.15, -0.1) is 0 Å². The summed E-state index contributed by atoms with van der Waals surface area (Å²) in [6.07, 6.45) is 0.851. The molecule has 0 atom stereocenters. The van der Waals surface area contributed by atoms with Gasteiger partial charge in [0.2, 0.25) is 10.0 Å². The molecule has 128 valence electrons. The lowest BCUT2D eigenvalue weighted by molar-refractivity contribution is -0.111. The number of hydrogen-bond donors (Lipinski definition) is 1. The highest BCUT2D eigenvalue weighted by atomic mass is 32.2. The summed E-state index contributed by atoms with van der Waals surface area (Å²) in [5.74, 6) is -1.96. The lowest BCUT2D eigenvalue weighted by Gasteiger charge is -2.19. The van der Waals surface area contributed by atoms with Crippen molar-refractivity contribution in [1.82, 2.24) is 5.06 Å². The molecule has 1 amide bonds. The zero-order valence-corrected chi connectivity index (χ0v) is 13.8. The van der Waals surface area contributed by atoms with Gasteiger partial charge in [0.05, 0.1) is 36.6 Å². The molecule has 1 fully saturated rings. The Morgan fingerprint density at radius 2 is 2.04 bits per heavy atom. The predicted octanol–water partition coefficient (Wildman–Crippen LogP) is -0.000600. The average Bonchev–Trinajstić information content (AvgIpc) is 2.60. The van der Waals surface area contributed by atoms with Gasteiger partial charge < -0.3 is 0 Å². The molecule has 0 radical (unpaired) electrons. The number of carbonyl (C=O) groups is 1. The number of sulfone groups is 1. The van der Waals surface area contributed by atoms with Crippen LogP contribution in [-0.2, 0) is 24.7 Å². The largest absolute Gasteiger partial charge is 0.281 e. The number of rotatable bonds is 3. The molecule has 23 heavy (non-hydrogen) atoms. The molecule has 0 bridgehead atoms. The fourth-order valence-electron chi connectivity index (χ4n) is 1.90. The van der Waals surface area contributed by atoms with Gasteiger partial charge >= 0.3 is 0 Å². The number of amides is 1. The molecular weight excluding hydrogens is 351 g/mol. The van der Waals surface area contributed by atoms with E-state index >= 15 is 0 Å². The summed E-state index contributed by atoms with van der Waals surface area (Å²) in [5.41, 5.74) is -0.405. The van der Waals surface area contributed by atoms with Crippen LogP contribution in [-0.4, -0.2) is 58.7 Å². The zero-order chi connectivity index (χ0) is 17.3. The number of hydrogen-bond acceptors (Lipinski definition) is 6. The molecule has 0 spiro atoms. The molecule has 8 nitrogen and oxygen atoms in total. The molecule has 0 aromatic heterocycles. The number of anilines is 1. The second kappa shape index (κ2) is 6.42. The second-order valence-electron chi connectivity index (χ2n) is 4.96. The first-order chi connectivity index (χ1) is 10.6. The fraction of sp³-hybridized carbons (Fsp3) is 0.417. The molecule has 2 rings (SSSR count). The van der Waals surface area contributed by atoms with Crippen LogP contribution in [0.4, 0.5) is 10.1 Å². The summed E-state index contributed by atoms with van der Waals surface area (Å²) in [7, 11) is -6.99. The number of benzene rings is 1. The molecule has 11 heteroatoms. The third kappa shape index (κ3) is 4.88. The van der Waals surface area contributed by atoms with Crippen molar-refractivity contribution < 1.29 is 30.9 Å². The Morgan fingerprint density at radius 1 is 1.35 bits per heavy atom. The number of nitrogens with zero attached hydrogens (tertiary/aromatic N) is 1. The highest BCUT2D eigenvalue weighted by Gasteiger charge is 2.25. The maximum Gasteiger partial charge on any atom is 0.277 e. The lowest BCUT2D eigenvalue weighted by Crippen LogP contribution is -2.33. The molecule has 1 aliphatic rings. The van der Waals surface area contributed by atoms with Crippen LogP contribution in [0, 0.1) is 5.82 Å². The number of carbonyl (C=O) groups excluding carboxylic acids is 1. The van der Waals surface area contributed by atoms with E-state index in [1.165, 1.54) is 0 Å². The van der Waals surface area contributed by atoms with Gasteiger partial charge in [-0.2, -0.15) is 0 Å². The van der Waals surface area contributed by atoms with Crippen LogP contribution in [0.1, 0.15) is 10.4 Å². The van der Waals surface area contributed by atoms with E-state index in [0.29, 0.717) is 0 Å². The van der Waals surface area contributed by atoms with Crippen LogP contribution in [0.3, 0.4) is 0 Å². The van der Waals surface area contributed by atoms with E-state index in [1.54, 1.807) is 0 Å². The van der Waals surface area contributed by atoms with Crippen LogP contribution >= 0.6 is 0 Å². The van der Waals surface area contributed by atoms with Gasteiger partial charge in [-0.3, -0.25) is 14.4 Å². The van der Waals surface area contributed by atoms with Gasteiger partial charge in [-0.25, -0.2) is 26.3 Å². The average molecular weight is 366 g/mol. The Kier molecular flexibility index (Phi) is 4.92. The van der Waals surface area contributed by atoms with Crippen molar-refractivity contribution in [3.8, 4) is 0 Å². The molecule has 1 saturated heterocycles. The molecular formula is C12H15FN2O6S2. The topological polar surface area (TPSA) is 110 Å². The van der Waals surface area contributed by atoms with Gasteiger partial charge in [-0.05, 0) is 18.2 Å². The molecule has 1 heterocycles. The quantitative estimate of drug-likeness (QED) is 0.806. The second-order valence-corrected chi connectivity index (χ2v) is 9.01. The van der Waals surface area contributed by atoms with E-state index in [9.17, 15) is 26.0 Å². The number of nitrogens with one attached hydrogen (secondary N) is 1. The maximum atomic E-state index is 13.6. The van der Waals surface area contributed by atoms with E-state index in [0.717, 1.165) is 29.5 Å². The first-order valence-corrected chi connectivity index (χ1v) is 10.2. The van der Waals surface area contributed by atoms with Crippen LogP contribution in [0.15, 0.2) is 18.2 Å². The maximum absolute atomic E-state index is 13.6. The van der Waals surface area contributed by atoms with Crippen molar-refractivity contribution in [2.75, 3.05) is 35.6 Å². The number of hydroxylamine groups is 2. The van der Waals surface area contributed by atoms with E-state index in [4.69, 9.17) is 4.84 Å². The number of halogens is 1. The predicted molar refractivity (Wildman–Crippen MR) is 80.5 cm³/mol. The third-order valence-corrected chi connectivity index (χ3v) is 5.17. The van der Waals surface area contributed by atoms with Crippen molar-refractivity contribution >= 4 is 31.5 Å². The SMILES string of the molecule is CS(=O)(=O)Nc1cc(C(=O)N2CCS(=O)(=O)CCO2)ccc1F. The van der Waals surface area contributed by atoms with Gasteiger partial charge in [0.25, 0.3) is 5.91 Å². The summed E-state index contributed by atoms with van der Waals surface area (Å²) in [6, 6.07) is 3.13. The summed E-state index contributed by atoms with van der Waals surface area (Å²) in [6.45, 7) is -0.322. The van der Waals surface area contributed by atoms with Crippen molar-refractivity contribution in [3.63, 3.8) is 0 Å². The Labute approximate surface area is 133 Å². The summed E-state index contributed by atoms with van der Waals surface area (Å²) in [4.78, 5) is 17.4. The van der Waals surface area contributed by atoms with E-state index in [1.807, 2.05) is 4.72 Å². The smallest absolute Gasteiger partial charge is 0.277 e. The molecule has 1 aromatic rings. The van der Waals surface area contributed by atoms with E-state index in [-0.39, 0.29) is 35.9 Å². The minimum Gasteiger partial charge on any atom is -0.281 e. The highest BCUT2D eigenvalue weighted by Crippen LogP contribution is 2.19. The molecule has 0 aliphatic carbocycles. The van der Waals surface area contributed by atoms with Crippen molar-refractivity contribution in [1.29, 1.82) is 0 Å². The Bertz CT molecular complexity index is 822. The van der Waals surface area contributed by atoms with Gasteiger partial charge in [0.15, 0.2) is 9.84 Å². The number of sulfonamides is 1. The van der Waals surface area contributed by atoms with E-state index < -0.39 is 31.6 Å². The first kappa shape index (κ1) is 17.6. The molecule has 0 unspecified atom stereocenters. The molecule has 1 N–H and O–H groups in total. The summed E-state index contributed by atoms with van der Waals surface area (Å²) in [5, 5.41) is 0.877. The van der Waals surface area contributed by atoms with Gasteiger partial charge in [-0.1, -0.05) is 0 Å². The minimum atomic E-state index is -3.71. The standard InChI is InChI=1S/C12H15FN2O6S2/c1-22(17,18)14-11-8-9(2-3-10(11)13)12(16)15-4-6-23(19,20)7-5-21-15/h2-3,8,14H,4-7H2,1H3. The lowest BCUT2D eigenvalue weighted by atomic mass is 10.2. The van der Waals surface area contributed by atoms with E-state index in [2.05, 4.69) is 0 Å². The Morgan fingerprint density at radius 3 is 2.70 bits per heavy atom. The summed E-state index contributed by atoms with van der Waals surface area (Å²) >= 11 is 0. The normalized spacial score (nSPS) is 18.3. The van der Waals surface area contributed by atoms with Gasteiger partial charge in [0.1, 0.15) is 5.82 Å². The van der Waals surface area contributed by atoms with Crippen LogP contribution < -0.4 is 4.72 Å². The molecule has 0 saturated carbocycles. The first-order valence-electron chi connectivity index (χ1n) is 6.50.